The molecule has 0 unspecified atom stereocenters. The maximum absolute atomic E-state index is 13.2. The molecule has 34 heavy (non-hydrogen) atoms. The number of carbonyl (C=O) groups excluding carboxylic acids is 1. The van der Waals surface area contributed by atoms with Gasteiger partial charge in [0.2, 0.25) is 0 Å². The molecule has 4 aromatic heterocycles. The van der Waals surface area contributed by atoms with E-state index in [0.717, 1.165) is 35.7 Å². The van der Waals surface area contributed by atoms with Crippen LogP contribution in [-0.4, -0.2) is 34.6 Å². The molecule has 0 saturated heterocycles. The highest BCUT2D eigenvalue weighted by atomic mass is 16.2. The lowest BCUT2D eigenvalue weighted by Crippen LogP contribution is -2.30. The molecule has 4 heterocycles. The second-order valence-corrected chi connectivity index (χ2v) is 9.02. The molecular formula is C25H27N7O2. The van der Waals surface area contributed by atoms with E-state index < -0.39 is 5.91 Å². The predicted octanol–water partition coefficient (Wildman–Crippen LogP) is 3.71. The maximum atomic E-state index is 13.2. The van der Waals surface area contributed by atoms with E-state index in [1.807, 2.05) is 40.6 Å². The third-order valence-electron chi connectivity index (χ3n) is 6.22. The van der Waals surface area contributed by atoms with Crippen LogP contribution in [0.25, 0.3) is 11.5 Å². The summed E-state index contributed by atoms with van der Waals surface area (Å²) in [4.78, 5) is 39.6. The largest absolute Gasteiger partial charge is 0.313 e. The van der Waals surface area contributed by atoms with E-state index in [-0.39, 0.29) is 17.0 Å². The molecule has 0 aliphatic heterocycles. The summed E-state index contributed by atoms with van der Waals surface area (Å²) in [6, 6.07) is 6.99. The molecule has 0 bridgehead atoms. The summed E-state index contributed by atoms with van der Waals surface area (Å²) in [7, 11) is 1.67. The number of aromatic nitrogens is 6. The summed E-state index contributed by atoms with van der Waals surface area (Å²) in [6.45, 7) is 5.98. The molecule has 1 aliphatic rings. The standard InChI is InChI=1S/C25H27N7O2/c1-15(2)23-26-10-11-32(23)22-7-5-6-21(28-22)29-24(33)18-12-20(16(3)30(4)25(18)34)31-13-19(27-14-31)17-8-9-17/h5-7,10-15,17H,8-9H2,1-4H3,(H,28,29,33). The monoisotopic (exact) mass is 457 g/mol. The Hall–Kier alpha value is -4.01. The van der Waals surface area contributed by atoms with E-state index in [4.69, 9.17) is 0 Å². The Balaban J connectivity index is 1.46. The molecule has 0 atom stereocenters. The van der Waals surface area contributed by atoms with E-state index in [1.54, 1.807) is 31.7 Å². The first-order chi connectivity index (χ1) is 16.3. The lowest BCUT2D eigenvalue weighted by molar-refractivity contribution is 0.102. The first-order valence-corrected chi connectivity index (χ1v) is 11.4. The molecule has 5 rings (SSSR count). The van der Waals surface area contributed by atoms with Crippen LogP contribution in [0.3, 0.4) is 0 Å². The average molecular weight is 458 g/mol. The number of pyridine rings is 2. The molecule has 9 heteroatoms. The van der Waals surface area contributed by atoms with Crippen molar-refractivity contribution in [3.05, 3.63) is 82.3 Å². The molecule has 1 saturated carbocycles. The molecule has 0 radical (unpaired) electrons. The summed E-state index contributed by atoms with van der Waals surface area (Å²) < 4.78 is 5.26. The van der Waals surface area contributed by atoms with Crippen LogP contribution in [0.2, 0.25) is 0 Å². The Labute approximate surface area is 197 Å². The Morgan fingerprint density at radius 3 is 2.74 bits per heavy atom. The van der Waals surface area contributed by atoms with Crippen molar-refractivity contribution in [3.63, 3.8) is 0 Å². The Kier molecular flexibility index (Phi) is 5.39. The summed E-state index contributed by atoms with van der Waals surface area (Å²) >= 11 is 0. The molecule has 9 nitrogen and oxygen atoms in total. The smallest absolute Gasteiger partial charge is 0.263 e. The first-order valence-electron chi connectivity index (χ1n) is 11.4. The van der Waals surface area contributed by atoms with Gasteiger partial charge >= 0.3 is 0 Å². The van der Waals surface area contributed by atoms with Gasteiger partial charge in [-0.2, -0.15) is 0 Å². The number of anilines is 1. The Bertz CT molecular complexity index is 1440. The van der Waals surface area contributed by atoms with E-state index in [0.29, 0.717) is 17.6 Å². The quantitative estimate of drug-likeness (QED) is 0.476. The van der Waals surface area contributed by atoms with Crippen LogP contribution < -0.4 is 10.9 Å². The predicted molar refractivity (Wildman–Crippen MR) is 129 cm³/mol. The van der Waals surface area contributed by atoms with Gasteiger partial charge in [0.1, 0.15) is 23.0 Å². The molecule has 4 aromatic rings. The lowest BCUT2D eigenvalue weighted by Gasteiger charge is -2.14. The van der Waals surface area contributed by atoms with Gasteiger partial charge in [0.05, 0.1) is 17.7 Å². The third-order valence-corrected chi connectivity index (χ3v) is 6.22. The van der Waals surface area contributed by atoms with Crippen molar-refractivity contribution in [2.75, 3.05) is 5.32 Å². The van der Waals surface area contributed by atoms with Crippen molar-refractivity contribution >= 4 is 11.7 Å². The van der Waals surface area contributed by atoms with Crippen LogP contribution in [0, 0.1) is 6.92 Å². The van der Waals surface area contributed by atoms with E-state index in [1.165, 1.54) is 4.57 Å². The van der Waals surface area contributed by atoms with Crippen LogP contribution >= 0.6 is 0 Å². The Morgan fingerprint density at radius 1 is 1.21 bits per heavy atom. The second kappa shape index (κ2) is 8.40. The van der Waals surface area contributed by atoms with Gasteiger partial charge in [0, 0.05) is 43.2 Å². The average Bonchev–Trinajstić information content (AvgIpc) is 3.33. The van der Waals surface area contributed by atoms with Crippen LogP contribution in [0.5, 0.6) is 0 Å². The number of rotatable bonds is 6. The SMILES string of the molecule is Cc1c(-n2cnc(C3CC3)c2)cc(C(=O)Nc2cccc(-n3ccnc3C(C)C)n2)c(=O)n1C. The minimum absolute atomic E-state index is 0.0440. The molecule has 1 amide bonds. The lowest BCUT2D eigenvalue weighted by atomic mass is 10.2. The first kappa shape index (κ1) is 21.8. The van der Waals surface area contributed by atoms with Gasteiger partial charge in [-0.15, -0.1) is 0 Å². The highest BCUT2D eigenvalue weighted by Crippen LogP contribution is 2.39. The molecule has 174 valence electrons. The van der Waals surface area contributed by atoms with Crippen molar-refractivity contribution in [1.29, 1.82) is 0 Å². The number of nitrogens with one attached hydrogen (secondary N) is 1. The van der Waals surface area contributed by atoms with Crippen molar-refractivity contribution < 1.29 is 4.79 Å². The van der Waals surface area contributed by atoms with Crippen molar-refractivity contribution in [2.45, 2.75) is 45.4 Å². The van der Waals surface area contributed by atoms with Crippen LogP contribution in [0.1, 0.15) is 66.1 Å². The summed E-state index contributed by atoms with van der Waals surface area (Å²) in [5.41, 5.74) is 2.22. The number of carbonyl (C=O) groups is 1. The number of imidazole rings is 2. The minimum Gasteiger partial charge on any atom is -0.313 e. The van der Waals surface area contributed by atoms with Crippen LogP contribution in [0.15, 0.2) is 54.0 Å². The molecule has 1 N–H and O–H groups in total. The van der Waals surface area contributed by atoms with Crippen LogP contribution in [0.4, 0.5) is 5.82 Å². The van der Waals surface area contributed by atoms with Gasteiger partial charge in [-0.1, -0.05) is 19.9 Å². The Morgan fingerprint density at radius 2 is 2.00 bits per heavy atom. The molecule has 1 aliphatic carbocycles. The minimum atomic E-state index is -0.510. The molecule has 0 spiro atoms. The van der Waals surface area contributed by atoms with Crippen molar-refractivity contribution in [3.8, 4) is 11.5 Å². The maximum Gasteiger partial charge on any atom is 0.263 e. The summed E-state index contributed by atoms with van der Waals surface area (Å²) in [5.74, 6) is 2.09. The number of hydrogen-bond acceptors (Lipinski definition) is 5. The molecule has 1 fully saturated rings. The van der Waals surface area contributed by atoms with E-state index >= 15 is 0 Å². The zero-order valence-electron chi connectivity index (χ0n) is 19.7. The van der Waals surface area contributed by atoms with Gasteiger partial charge in [-0.3, -0.25) is 14.2 Å². The normalized spacial score (nSPS) is 13.4. The number of nitrogens with zero attached hydrogens (tertiary/aromatic N) is 6. The number of amides is 1. The second-order valence-electron chi connectivity index (χ2n) is 9.02. The molecular weight excluding hydrogens is 430 g/mol. The zero-order chi connectivity index (χ0) is 24.0. The van der Waals surface area contributed by atoms with Gasteiger partial charge < -0.3 is 14.5 Å². The van der Waals surface area contributed by atoms with E-state index in [2.05, 4.69) is 34.1 Å². The van der Waals surface area contributed by atoms with Crippen molar-refractivity contribution in [1.82, 2.24) is 28.7 Å². The van der Waals surface area contributed by atoms with Crippen LogP contribution in [-0.2, 0) is 7.05 Å². The zero-order valence-corrected chi connectivity index (χ0v) is 19.7. The summed E-state index contributed by atoms with van der Waals surface area (Å²) in [5, 5.41) is 2.79. The fourth-order valence-corrected chi connectivity index (χ4v) is 4.04. The third kappa shape index (κ3) is 3.93. The van der Waals surface area contributed by atoms with Gasteiger partial charge in [-0.25, -0.2) is 15.0 Å². The van der Waals surface area contributed by atoms with E-state index in [9.17, 15) is 9.59 Å². The fraction of sp³-hybridized carbons (Fsp3) is 0.320. The number of hydrogen-bond donors (Lipinski definition) is 1. The highest BCUT2D eigenvalue weighted by Gasteiger charge is 2.26. The summed E-state index contributed by atoms with van der Waals surface area (Å²) in [6.07, 6.45) is 9.59. The van der Waals surface area contributed by atoms with Gasteiger partial charge in [0.25, 0.3) is 11.5 Å². The van der Waals surface area contributed by atoms with Crippen molar-refractivity contribution in [2.24, 2.45) is 7.05 Å². The molecule has 0 aromatic carbocycles. The van der Waals surface area contributed by atoms with Gasteiger partial charge in [0.15, 0.2) is 0 Å². The fourth-order valence-electron chi connectivity index (χ4n) is 4.04. The van der Waals surface area contributed by atoms with Gasteiger partial charge in [-0.05, 0) is 38.0 Å². The topological polar surface area (TPSA) is 99.6 Å². The highest BCUT2D eigenvalue weighted by molar-refractivity contribution is 6.04.